The third-order valence-electron chi connectivity index (χ3n) is 4.19. The Morgan fingerprint density at radius 2 is 1.63 bits per heavy atom. The summed E-state index contributed by atoms with van der Waals surface area (Å²) in [6, 6.07) is 22.0. The van der Waals surface area contributed by atoms with Crippen molar-refractivity contribution < 1.29 is 14.7 Å². The first-order valence-electron chi connectivity index (χ1n) is 8.50. The topological polar surface area (TPSA) is 66.4 Å². The smallest absolute Gasteiger partial charge is 0.337 e. The Labute approximate surface area is 162 Å². The molecule has 0 aliphatic heterocycles. The molecular weight excluding hydrogens is 362 g/mol. The lowest BCUT2D eigenvalue weighted by molar-refractivity contribution is -0.116. The van der Waals surface area contributed by atoms with E-state index in [1.807, 2.05) is 48.5 Å². The van der Waals surface area contributed by atoms with E-state index in [9.17, 15) is 14.7 Å². The second-order valence-electron chi connectivity index (χ2n) is 6.08. The van der Waals surface area contributed by atoms with E-state index in [-0.39, 0.29) is 17.9 Å². The van der Waals surface area contributed by atoms with Crippen LogP contribution in [0.4, 0.5) is 5.69 Å². The van der Waals surface area contributed by atoms with Gasteiger partial charge in [0.25, 0.3) is 0 Å². The number of para-hydroxylation sites is 1. The summed E-state index contributed by atoms with van der Waals surface area (Å²) >= 11 is 6.40. The third kappa shape index (κ3) is 4.74. The zero-order valence-electron chi connectivity index (χ0n) is 14.5. The molecule has 3 aromatic rings. The minimum Gasteiger partial charge on any atom is -0.478 e. The van der Waals surface area contributed by atoms with Crippen molar-refractivity contribution in [1.82, 2.24) is 0 Å². The highest BCUT2D eigenvalue weighted by Crippen LogP contribution is 2.29. The van der Waals surface area contributed by atoms with Gasteiger partial charge in [-0.15, -0.1) is 0 Å². The predicted octanol–water partition coefficient (Wildman–Crippen LogP) is 5.28. The molecule has 0 bridgehead atoms. The van der Waals surface area contributed by atoms with Crippen LogP contribution in [0.1, 0.15) is 22.3 Å². The molecule has 5 heteroatoms. The summed E-state index contributed by atoms with van der Waals surface area (Å²) in [6.45, 7) is 0. The largest absolute Gasteiger partial charge is 0.478 e. The molecule has 0 aromatic heterocycles. The molecule has 2 N–H and O–H groups in total. The number of benzene rings is 3. The van der Waals surface area contributed by atoms with Gasteiger partial charge in [-0.1, -0.05) is 66.2 Å². The molecule has 0 unspecified atom stereocenters. The van der Waals surface area contributed by atoms with E-state index in [2.05, 4.69) is 5.32 Å². The van der Waals surface area contributed by atoms with Crippen LogP contribution in [-0.4, -0.2) is 17.0 Å². The summed E-state index contributed by atoms with van der Waals surface area (Å²) in [4.78, 5) is 23.4. The molecule has 1 amide bonds. The van der Waals surface area contributed by atoms with Crippen molar-refractivity contribution in [2.75, 3.05) is 5.32 Å². The Bertz CT molecular complexity index is 970. The molecule has 0 saturated heterocycles. The monoisotopic (exact) mass is 379 g/mol. The maximum Gasteiger partial charge on any atom is 0.337 e. The summed E-state index contributed by atoms with van der Waals surface area (Å²) < 4.78 is 0. The lowest BCUT2D eigenvalue weighted by Gasteiger charge is -2.09. The summed E-state index contributed by atoms with van der Waals surface area (Å²) in [6.07, 6.45) is 0.741. The SMILES string of the molecule is O=C(CCc1ccc(-c2ccccc2)c(Cl)c1)Nc1ccccc1C(=O)O. The van der Waals surface area contributed by atoms with E-state index in [1.54, 1.807) is 18.2 Å². The van der Waals surface area contributed by atoms with Crippen LogP contribution in [0.3, 0.4) is 0 Å². The van der Waals surface area contributed by atoms with Crippen molar-refractivity contribution in [3.63, 3.8) is 0 Å². The molecule has 0 fully saturated rings. The molecule has 0 radical (unpaired) electrons. The van der Waals surface area contributed by atoms with E-state index in [0.717, 1.165) is 16.7 Å². The van der Waals surface area contributed by atoms with Crippen molar-refractivity contribution >= 4 is 29.2 Å². The van der Waals surface area contributed by atoms with Gasteiger partial charge in [0.05, 0.1) is 11.3 Å². The van der Waals surface area contributed by atoms with Crippen LogP contribution in [0.15, 0.2) is 72.8 Å². The predicted molar refractivity (Wildman–Crippen MR) is 107 cm³/mol. The van der Waals surface area contributed by atoms with Gasteiger partial charge in [0.2, 0.25) is 5.91 Å². The molecule has 0 spiro atoms. The van der Waals surface area contributed by atoms with Crippen LogP contribution >= 0.6 is 11.6 Å². The highest BCUT2D eigenvalue weighted by molar-refractivity contribution is 6.33. The Kier molecular flexibility index (Phi) is 5.89. The van der Waals surface area contributed by atoms with E-state index in [0.29, 0.717) is 17.1 Å². The van der Waals surface area contributed by atoms with E-state index in [4.69, 9.17) is 11.6 Å². The molecule has 0 saturated carbocycles. The Morgan fingerprint density at radius 1 is 0.926 bits per heavy atom. The number of hydrogen-bond donors (Lipinski definition) is 2. The van der Waals surface area contributed by atoms with Crippen LogP contribution in [0.2, 0.25) is 5.02 Å². The van der Waals surface area contributed by atoms with Crippen LogP contribution in [0, 0.1) is 0 Å². The van der Waals surface area contributed by atoms with Crippen LogP contribution in [0.5, 0.6) is 0 Å². The number of rotatable bonds is 6. The number of amides is 1. The summed E-state index contributed by atoms with van der Waals surface area (Å²) in [5.74, 6) is -1.32. The van der Waals surface area contributed by atoms with Gasteiger partial charge in [0.1, 0.15) is 0 Å². The Morgan fingerprint density at radius 3 is 2.33 bits per heavy atom. The maximum atomic E-state index is 12.2. The number of aryl methyl sites for hydroxylation is 1. The van der Waals surface area contributed by atoms with Gasteiger partial charge in [-0.2, -0.15) is 0 Å². The molecule has 3 rings (SSSR count). The number of carbonyl (C=O) groups excluding carboxylic acids is 1. The fraction of sp³-hybridized carbons (Fsp3) is 0.0909. The van der Waals surface area contributed by atoms with Crippen LogP contribution < -0.4 is 5.32 Å². The van der Waals surface area contributed by atoms with Gasteiger partial charge < -0.3 is 10.4 Å². The van der Waals surface area contributed by atoms with Crippen LogP contribution in [-0.2, 0) is 11.2 Å². The molecule has 3 aromatic carbocycles. The number of halogens is 1. The summed E-state index contributed by atoms with van der Waals surface area (Å²) in [7, 11) is 0. The maximum absolute atomic E-state index is 12.2. The van der Waals surface area contributed by atoms with E-state index >= 15 is 0 Å². The zero-order chi connectivity index (χ0) is 19.2. The first kappa shape index (κ1) is 18.7. The summed E-state index contributed by atoms with van der Waals surface area (Å²) in [5, 5.41) is 12.5. The Balaban J connectivity index is 1.64. The average molecular weight is 380 g/mol. The van der Waals surface area contributed by atoms with Crippen molar-refractivity contribution in [3.8, 4) is 11.1 Å². The molecule has 0 heterocycles. The molecule has 136 valence electrons. The van der Waals surface area contributed by atoms with Crippen molar-refractivity contribution in [1.29, 1.82) is 0 Å². The molecule has 0 atom stereocenters. The van der Waals surface area contributed by atoms with Gasteiger partial charge >= 0.3 is 5.97 Å². The average Bonchev–Trinajstić information content (AvgIpc) is 2.67. The normalized spacial score (nSPS) is 10.4. The van der Waals surface area contributed by atoms with E-state index in [1.165, 1.54) is 6.07 Å². The van der Waals surface area contributed by atoms with Crippen molar-refractivity contribution in [3.05, 3.63) is 88.9 Å². The molecular formula is C22H18ClNO3. The van der Waals surface area contributed by atoms with Gasteiger partial charge in [-0.3, -0.25) is 4.79 Å². The first-order valence-corrected chi connectivity index (χ1v) is 8.88. The second kappa shape index (κ2) is 8.52. The quantitative estimate of drug-likeness (QED) is 0.612. The summed E-state index contributed by atoms with van der Waals surface area (Å²) in [5.41, 5.74) is 3.30. The third-order valence-corrected chi connectivity index (χ3v) is 4.50. The van der Waals surface area contributed by atoms with Crippen molar-refractivity contribution in [2.24, 2.45) is 0 Å². The lowest BCUT2D eigenvalue weighted by Crippen LogP contribution is -2.15. The number of carboxylic acids is 1. The number of hydrogen-bond acceptors (Lipinski definition) is 2. The number of carboxylic acid groups (broad SMARTS) is 1. The second-order valence-corrected chi connectivity index (χ2v) is 6.49. The number of carbonyl (C=O) groups is 2. The standard InChI is InChI=1S/C22H18ClNO3/c23-19-14-15(10-12-17(19)16-6-2-1-3-7-16)11-13-21(25)24-20-9-5-4-8-18(20)22(26)27/h1-10,12,14H,11,13H2,(H,24,25)(H,26,27). The highest BCUT2D eigenvalue weighted by atomic mass is 35.5. The number of anilines is 1. The lowest BCUT2D eigenvalue weighted by atomic mass is 10.0. The number of nitrogens with one attached hydrogen (secondary N) is 1. The van der Waals surface area contributed by atoms with Crippen molar-refractivity contribution in [2.45, 2.75) is 12.8 Å². The first-order chi connectivity index (χ1) is 13.0. The fourth-order valence-electron chi connectivity index (χ4n) is 2.82. The minimum absolute atomic E-state index is 0.0705. The number of aromatic carboxylic acids is 1. The molecule has 27 heavy (non-hydrogen) atoms. The minimum atomic E-state index is -1.07. The molecule has 0 aliphatic carbocycles. The van der Waals surface area contributed by atoms with Gasteiger partial charge in [-0.25, -0.2) is 4.79 Å². The molecule has 4 nitrogen and oxygen atoms in total. The van der Waals surface area contributed by atoms with Gasteiger partial charge in [0.15, 0.2) is 0 Å². The van der Waals surface area contributed by atoms with E-state index < -0.39 is 5.97 Å². The zero-order valence-corrected chi connectivity index (χ0v) is 15.2. The fourth-order valence-corrected chi connectivity index (χ4v) is 3.13. The van der Waals surface area contributed by atoms with Gasteiger partial charge in [-0.05, 0) is 35.7 Å². The van der Waals surface area contributed by atoms with Gasteiger partial charge in [0, 0.05) is 17.0 Å². The Hall–Kier alpha value is -3.11. The van der Waals surface area contributed by atoms with Crippen LogP contribution in [0.25, 0.3) is 11.1 Å². The molecule has 0 aliphatic rings. The highest BCUT2D eigenvalue weighted by Gasteiger charge is 2.12.